The topological polar surface area (TPSA) is 64.0 Å². The van der Waals surface area contributed by atoms with Gasteiger partial charge in [-0.05, 0) is 31.2 Å². The number of imidazole rings is 1. The van der Waals surface area contributed by atoms with Gasteiger partial charge in [0.25, 0.3) is 0 Å². The van der Waals surface area contributed by atoms with Crippen LogP contribution in [0.4, 0.5) is 0 Å². The second kappa shape index (κ2) is 5.85. The third kappa shape index (κ3) is 3.43. The summed E-state index contributed by atoms with van der Waals surface area (Å²) in [5.74, 6) is 0.697. The normalized spacial score (nSPS) is 11.7. The molecule has 0 aliphatic rings. The number of aromatic nitrogens is 2. The molecule has 0 atom stereocenters. The quantitative estimate of drug-likeness (QED) is 0.904. The van der Waals surface area contributed by atoms with E-state index in [0.717, 1.165) is 11.0 Å². The van der Waals surface area contributed by atoms with E-state index in [4.69, 9.17) is 0 Å². The van der Waals surface area contributed by atoms with Crippen LogP contribution in [-0.2, 0) is 23.1 Å². The fraction of sp³-hybridized carbons (Fsp3) is 0.250. The maximum Gasteiger partial charge on any atom is 0.240 e. The van der Waals surface area contributed by atoms with E-state index in [2.05, 4.69) is 25.6 Å². The minimum absolute atomic E-state index is 0.180. The lowest BCUT2D eigenvalue weighted by Gasteiger charge is -2.08. The van der Waals surface area contributed by atoms with Gasteiger partial charge in [0.15, 0.2) is 0 Å². The van der Waals surface area contributed by atoms with Crippen molar-refractivity contribution in [2.75, 3.05) is 0 Å². The van der Waals surface area contributed by atoms with Gasteiger partial charge in [0.2, 0.25) is 10.0 Å². The molecule has 1 aromatic heterocycles. The number of aryl methyl sites for hydroxylation is 1. The summed E-state index contributed by atoms with van der Waals surface area (Å²) in [5, 5.41) is 0. The van der Waals surface area contributed by atoms with Crippen molar-refractivity contribution < 1.29 is 8.42 Å². The Morgan fingerprint density at radius 1 is 1.32 bits per heavy atom. The van der Waals surface area contributed by atoms with Crippen molar-refractivity contribution in [3.8, 4) is 0 Å². The average Bonchev–Trinajstić information content (AvgIpc) is 2.84. The number of benzene rings is 1. The van der Waals surface area contributed by atoms with Gasteiger partial charge < -0.3 is 4.57 Å². The first-order valence-electron chi connectivity index (χ1n) is 5.78. The van der Waals surface area contributed by atoms with Crippen LogP contribution >= 0.6 is 15.9 Å². The van der Waals surface area contributed by atoms with Crippen molar-refractivity contribution in [3.63, 3.8) is 0 Å². The highest BCUT2D eigenvalue weighted by Gasteiger charge is 2.14. The van der Waals surface area contributed by atoms with E-state index in [1.54, 1.807) is 30.5 Å². The molecule has 0 amide bonds. The van der Waals surface area contributed by atoms with Gasteiger partial charge in [-0.3, -0.25) is 0 Å². The molecular formula is C12H14BrN3O2S. The summed E-state index contributed by atoms with van der Waals surface area (Å²) in [6, 6.07) is 6.50. The zero-order chi connectivity index (χ0) is 13.9. The number of sulfonamides is 1. The van der Waals surface area contributed by atoms with Crippen LogP contribution in [0.1, 0.15) is 12.7 Å². The number of hydrogen-bond acceptors (Lipinski definition) is 3. The van der Waals surface area contributed by atoms with E-state index in [0.29, 0.717) is 5.82 Å². The molecule has 0 unspecified atom stereocenters. The van der Waals surface area contributed by atoms with Crippen molar-refractivity contribution >= 4 is 26.0 Å². The molecule has 0 aliphatic carbocycles. The minimum atomic E-state index is -3.50. The Hall–Kier alpha value is -1.18. The van der Waals surface area contributed by atoms with Gasteiger partial charge in [-0.25, -0.2) is 18.1 Å². The molecule has 1 N–H and O–H groups in total. The van der Waals surface area contributed by atoms with E-state index in [9.17, 15) is 8.42 Å². The van der Waals surface area contributed by atoms with Crippen LogP contribution in [0.2, 0.25) is 0 Å². The summed E-state index contributed by atoms with van der Waals surface area (Å²) in [5.41, 5.74) is 0. The largest absolute Gasteiger partial charge is 0.334 e. The van der Waals surface area contributed by atoms with Crippen molar-refractivity contribution in [1.29, 1.82) is 0 Å². The fourth-order valence-corrected chi connectivity index (χ4v) is 2.90. The number of nitrogens with one attached hydrogen (secondary N) is 1. The van der Waals surface area contributed by atoms with E-state index in [1.165, 1.54) is 0 Å². The van der Waals surface area contributed by atoms with Crippen LogP contribution in [0.5, 0.6) is 0 Å². The molecular weight excluding hydrogens is 330 g/mol. The molecule has 2 aromatic rings. The monoisotopic (exact) mass is 343 g/mol. The van der Waals surface area contributed by atoms with Gasteiger partial charge in [0.1, 0.15) is 5.82 Å². The maximum atomic E-state index is 12.1. The second-order valence-electron chi connectivity index (χ2n) is 3.91. The van der Waals surface area contributed by atoms with E-state index in [-0.39, 0.29) is 11.4 Å². The zero-order valence-electron chi connectivity index (χ0n) is 10.4. The molecule has 0 aliphatic heterocycles. The Labute approximate surface area is 120 Å². The Kier molecular flexibility index (Phi) is 4.38. The Morgan fingerprint density at radius 2 is 2.00 bits per heavy atom. The first kappa shape index (κ1) is 14.2. The summed E-state index contributed by atoms with van der Waals surface area (Å²) in [7, 11) is -3.50. The van der Waals surface area contributed by atoms with Crippen LogP contribution in [0.3, 0.4) is 0 Å². The van der Waals surface area contributed by atoms with Crippen LogP contribution in [0.15, 0.2) is 46.0 Å². The van der Waals surface area contributed by atoms with Crippen molar-refractivity contribution in [2.45, 2.75) is 24.9 Å². The molecule has 7 heteroatoms. The van der Waals surface area contributed by atoms with E-state index < -0.39 is 10.0 Å². The van der Waals surface area contributed by atoms with Gasteiger partial charge in [0.05, 0.1) is 11.4 Å². The Bertz CT molecular complexity index is 650. The molecule has 1 heterocycles. The summed E-state index contributed by atoms with van der Waals surface area (Å²) >= 11 is 3.27. The Balaban J connectivity index is 2.12. The van der Waals surface area contributed by atoms with Crippen LogP contribution in [0, 0.1) is 0 Å². The molecule has 2 rings (SSSR count). The predicted octanol–water partition coefficient (Wildman–Crippen LogP) is 2.14. The maximum absolute atomic E-state index is 12.1. The molecule has 0 saturated carbocycles. The molecule has 0 bridgehead atoms. The van der Waals surface area contributed by atoms with E-state index >= 15 is 0 Å². The smallest absolute Gasteiger partial charge is 0.240 e. The summed E-state index contributed by atoms with van der Waals surface area (Å²) < 4.78 is 29.4. The van der Waals surface area contributed by atoms with Gasteiger partial charge in [-0.15, -0.1) is 0 Å². The van der Waals surface area contributed by atoms with Crippen LogP contribution < -0.4 is 4.72 Å². The van der Waals surface area contributed by atoms with Crippen molar-refractivity contribution in [2.24, 2.45) is 0 Å². The molecule has 0 saturated heterocycles. The molecule has 0 fully saturated rings. The molecule has 19 heavy (non-hydrogen) atoms. The lowest BCUT2D eigenvalue weighted by molar-refractivity contribution is 0.575. The minimum Gasteiger partial charge on any atom is -0.334 e. The second-order valence-corrected chi connectivity index (χ2v) is 6.59. The highest BCUT2D eigenvalue weighted by atomic mass is 79.9. The highest BCUT2D eigenvalue weighted by Crippen LogP contribution is 2.14. The molecule has 102 valence electrons. The third-order valence-electron chi connectivity index (χ3n) is 2.69. The Morgan fingerprint density at radius 3 is 2.63 bits per heavy atom. The van der Waals surface area contributed by atoms with E-state index in [1.807, 2.05) is 17.7 Å². The van der Waals surface area contributed by atoms with Crippen LogP contribution in [-0.4, -0.2) is 18.0 Å². The number of nitrogens with zero attached hydrogens (tertiary/aromatic N) is 2. The SMILES string of the molecule is CCn1ccnc1CNS(=O)(=O)c1ccc(Br)cc1. The van der Waals surface area contributed by atoms with Gasteiger partial charge in [-0.2, -0.15) is 0 Å². The summed E-state index contributed by atoms with van der Waals surface area (Å²) in [6.45, 7) is 2.92. The standard InChI is InChI=1S/C12H14BrN3O2S/c1-2-16-8-7-14-12(16)9-15-19(17,18)11-5-3-10(13)4-6-11/h3-8,15H,2,9H2,1H3. The van der Waals surface area contributed by atoms with Crippen molar-refractivity contribution in [3.05, 3.63) is 47.0 Å². The molecule has 5 nitrogen and oxygen atoms in total. The fourth-order valence-electron chi connectivity index (χ4n) is 1.65. The first-order chi connectivity index (χ1) is 9.03. The van der Waals surface area contributed by atoms with Gasteiger partial charge >= 0.3 is 0 Å². The summed E-state index contributed by atoms with van der Waals surface area (Å²) in [6.07, 6.45) is 3.48. The highest BCUT2D eigenvalue weighted by molar-refractivity contribution is 9.10. The first-order valence-corrected chi connectivity index (χ1v) is 8.06. The zero-order valence-corrected chi connectivity index (χ0v) is 12.8. The number of hydrogen-bond donors (Lipinski definition) is 1. The summed E-state index contributed by atoms with van der Waals surface area (Å²) in [4.78, 5) is 4.37. The van der Waals surface area contributed by atoms with Gasteiger partial charge in [0, 0.05) is 23.4 Å². The lowest BCUT2D eigenvalue weighted by atomic mass is 10.4. The molecule has 0 spiro atoms. The molecule has 0 radical (unpaired) electrons. The lowest BCUT2D eigenvalue weighted by Crippen LogP contribution is -2.25. The predicted molar refractivity (Wildman–Crippen MR) is 76.1 cm³/mol. The van der Waals surface area contributed by atoms with Crippen molar-refractivity contribution in [1.82, 2.24) is 14.3 Å². The number of rotatable bonds is 5. The third-order valence-corrected chi connectivity index (χ3v) is 4.63. The van der Waals surface area contributed by atoms with Gasteiger partial charge in [-0.1, -0.05) is 15.9 Å². The average molecular weight is 344 g/mol. The molecule has 1 aromatic carbocycles. The van der Waals surface area contributed by atoms with Crippen LogP contribution in [0.25, 0.3) is 0 Å². The number of halogens is 1.